The lowest BCUT2D eigenvalue weighted by molar-refractivity contribution is 0.585. The molecule has 0 amide bonds. The van der Waals surface area contributed by atoms with E-state index in [1.54, 1.807) is 12.4 Å². The molecule has 0 aromatic carbocycles. The zero-order valence-electron chi connectivity index (χ0n) is 10.4. The molecule has 2 aromatic rings. The second-order valence-electron chi connectivity index (χ2n) is 4.35. The summed E-state index contributed by atoms with van der Waals surface area (Å²) >= 11 is 6.11. The predicted molar refractivity (Wildman–Crippen MR) is 75.4 cm³/mol. The molecule has 2 aromatic heterocycles. The summed E-state index contributed by atoms with van der Waals surface area (Å²) < 4.78 is 0. The van der Waals surface area contributed by atoms with Gasteiger partial charge in [-0.3, -0.25) is 4.98 Å². The van der Waals surface area contributed by atoms with Crippen LogP contribution in [0.5, 0.6) is 0 Å². The monoisotopic (exact) mass is 275 g/mol. The minimum Gasteiger partial charge on any atom is -0.354 e. The van der Waals surface area contributed by atoms with Crippen LogP contribution in [0, 0.1) is 0 Å². The Morgan fingerprint density at radius 1 is 1.21 bits per heavy atom. The lowest BCUT2D eigenvalue weighted by Crippen LogP contribution is -2.43. The molecule has 3 rings (SSSR count). The van der Waals surface area contributed by atoms with Crippen LogP contribution >= 0.6 is 11.6 Å². The molecule has 0 bridgehead atoms. The quantitative estimate of drug-likeness (QED) is 0.844. The zero-order chi connectivity index (χ0) is 13.1. The van der Waals surface area contributed by atoms with Crippen LogP contribution in [0.3, 0.4) is 0 Å². The molecule has 1 aliphatic rings. The maximum absolute atomic E-state index is 6.11. The van der Waals surface area contributed by atoms with E-state index in [1.165, 1.54) is 0 Å². The Balaban J connectivity index is 1.96. The third-order valence-electron chi connectivity index (χ3n) is 3.04. The van der Waals surface area contributed by atoms with Gasteiger partial charge in [0.05, 0.1) is 0 Å². The number of hydrogen-bond acceptors (Lipinski definition) is 5. The summed E-state index contributed by atoms with van der Waals surface area (Å²) in [6.07, 6.45) is 3.47. The van der Waals surface area contributed by atoms with Gasteiger partial charge in [0, 0.05) is 50.2 Å². The van der Waals surface area contributed by atoms with Crippen molar-refractivity contribution in [3.05, 3.63) is 35.7 Å². The van der Waals surface area contributed by atoms with E-state index >= 15 is 0 Å². The van der Waals surface area contributed by atoms with Gasteiger partial charge in [-0.15, -0.1) is 0 Å². The number of halogens is 1. The zero-order valence-corrected chi connectivity index (χ0v) is 11.1. The third-order valence-corrected chi connectivity index (χ3v) is 3.24. The summed E-state index contributed by atoms with van der Waals surface area (Å²) in [6.45, 7) is 3.79. The first kappa shape index (κ1) is 12.3. The second kappa shape index (κ2) is 5.50. The largest absolute Gasteiger partial charge is 0.354 e. The number of nitrogens with one attached hydrogen (secondary N) is 1. The van der Waals surface area contributed by atoms with Crippen LogP contribution in [-0.4, -0.2) is 41.1 Å². The molecule has 0 unspecified atom stereocenters. The molecule has 0 radical (unpaired) electrons. The van der Waals surface area contributed by atoms with Crippen LogP contribution < -0.4 is 10.2 Å². The van der Waals surface area contributed by atoms with Gasteiger partial charge in [0.15, 0.2) is 5.82 Å². The Kier molecular flexibility index (Phi) is 3.57. The number of pyridine rings is 1. The molecule has 1 fully saturated rings. The van der Waals surface area contributed by atoms with Crippen LogP contribution in [0.15, 0.2) is 30.6 Å². The van der Waals surface area contributed by atoms with Gasteiger partial charge < -0.3 is 10.2 Å². The van der Waals surface area contributed by atoms with Gasteiger partial charge in [-0.1, -0.05) is 11.6 Å². The summed E-state index contributed by atoms with van der Waals surface area (Å²) in [6, 6.07) is 5.61. The Bertz CT molecular complexity index is 554. The predicted octanol–water partition coefficient (Wildman–Crippen LogP) is 1.60. The Morgan fingerprint density at radius 3 is 2.79 bits per heavy atom. The van der Waals surface area contributed by atoms with E-state index in [9.17, 15) is 0 Å². The Morgan fingerprint density at radius 2 is 2.05 bits per heavy atom. The summed E-state index contributed by atoms with van der Waals surface area (Å²) in [5.41, 5.74) is 0.876. The molecule has 5 nitrogen and oxygen atoms in total. The summed E-state index contributed by atoms with van der Waals surface area (Å²) in [7, 11) is 0. The molecule has 1 N–H and O–H groups in total. The molecule has 3 heterocycles. The number of nitrogens with zero attached hydrogens (tertiary/aromatic N) is 4. The smallest absolute Gasteiger partial charge is 0.164 e. The van der Waals surface area contributed by atoms with E-state index in [0.717, 1.165) is 37.6 Å². The molecule has 1 aliphatic heterocycles. The number of aromatic nitrogens is 3. The van der Waals surface area contributed by atoms with Crippen LogP contribution in [0.1, 0.15) is 0 Å². The first-order valence-corrected chi connectivity index (χ1v) is 6.61. The van der Waals surface area contributed by atoms with Gasteiger partial charge in [-0.2, -0.15) is 0 Å². The van der Waals surface area contributed by atoms with E-state index < -0.39 is 0 Å². The molecule has 1 saturated heterocycles. The highest BCUT2D eigenvalue weighted by Gasteiger charge is 2.14. The van der Waals surface area contributed by atoms with E-state index in [0.29, 0.717) is 11.0 Å². The molecular formula is C13H14ClN5. The van der Waals surface area contributed by atoms with Crippen molar-refractivity contribution in [1.29, 1.82) is 0 Å². The summed E-state index contributed by atoms with van der Waals surface area (Å²) in [5, 5.41) is 3.78. The van der Waals surface area contributed by atoms with Crippen molar-refractivity contribution in [3.63, 3.8) is 0 Å². The van der Waals surface area contributed by atoms with Crippen molar-refractivity contribution >= 4 is 17.4 Å². The topological polar surface area (TPSA) is 53.9 Å². The molecular weight excluding hydrogens is 262 g/mol. The molecule has 19 heavy (non-hydrogen) atoms. The van der Waals surface area contributed by atoms with Gasteiger partial charge in [-0.25, -0.2) is 9.97 Å². The van der Waals surface area contributed by atoms with Gasteiger partial charge in [0.1, 0.15) is 11.0 Å². The first-order chi connectivity index (χ1) is 9.33. The van der Waals surface area contributed by atoms with Crippen LogP contribution in [0.2, 0.25) is 5.15 Å². The average molecular weight is 276 g/mol. The highest BCUT2D eigenvalue weighted by molar-refractivity contribution is 6.29. The third kappa shape index (κ3) is 2.83. The minimum absolute atomic E-state index is 0.461. The maximum atomic E-state index is 6.11. The van der Waals surface area contributed by atoms with Crippen molar-refractivity contribution in [2.45, 2.75) is 0 Å². The van der Waals surface area contributed by atoms with Gasteiger partial charge >= 0.3 is 0 Å². The molecule has 0 saturated carbocycles. The van der Waals surface area contributed by atoms with Crippen LogP contribution in [-0.2, 0) is 0 Å². The lowest BCUT2D eigenvalue weighted by Gasteiger charge is -2.28. The SMILES string of the molecule is Clc1cc(N2CCNCC2)nc(-c2cccnc2)n1. The lowest BCUT2D eigenvalue weighted by atomic mass is 10.2. The molecule has 0 aliphatic carbocycles. The van der Waals surface area contributed by atoms with Crippen molar-refractivity contribution in [2.75, 3.05) is 31.1 Å². The van der Waals surface area contributed by atoms with E-state index in [2.05, 4.69) is 25.2 Å². The summed E-state index contributed by atoms with van der Waals surface area (Å²) in [4.78, 5) is 15.2. The van der Waals surface area contributed by atoms with E-state index in [1.807, 2.05) is 18.2 Å². The highest BCUT2D eigenvalue weighted by atomic mass is 35.5. The number of hydrogen-bond donors (Lipinski definition) is 1. The van der Waals surface area contributed by atoms with Crippen molar-refractivity contribution in [2.24, 2.45) is 0 Å². The minimum atomic E-state index is 0.461. The van der Waals surface area contributed by atoms with Gasteiger partial charge in [-0.05, 0) is 12.1 Å². The van der Waals surface area contributed by atoms with Gasteiger partial charge in [0.2, 0.25) is 0 Å². The van der Waals surface area contributed by atoms with Crippen molar-refractivity contribution < 1.29 is 0 Å². The standard InChI is InChI=1S/C13H14ClN5/c14-11-8-12(19-6-4-15-5-7-19)18-13(17-11)10-2-1-3-16-9-10/h1-3,8-9,15H,4-7H2. The molecule has 0 atom stereocenters. The number of piperazine rings is 1. The Hall–Kier alpha value is -1.72. The fourth-order valence-electron chi connectivity index (χ4n) is 2.09. The second-order valence-corrected chi connectivity index (χ2v) is 4.74. The molecule has 0 spiro atoms. The molecule has 6 heteroatoms. The van der Waals surface area contributed by atoms with E-state index in [-0.39, 0.29) is 0 Å². The fraction of sp³-hybridized carbons (Fsp3) is 0.308. The van der Waals surface area contributed by atoms with E-state index in [4.69, 9.17) is 11.6 Å². The van der Waals surface area contributed by atoms with Crippen LogP contribution in [0.25, 0.3) is 11.4 Å². The fourth-order valence-corrected chi connectivity index (χ4v) is 2.26. The maximum Gasteiger partial charge on any atom is 0.164 e. The number of anilines is 1. The van der Waals surface area contributed by atoms with Crippen LogP contribution in [0.4, 0.5) is 5.82 Å². The van der Waals surface area contributed by atoms with Crippen molar-refractivity contribution in [3.8, 4) is 11.4 Å². The average Bonchev–Trinajstić information content (AvgIpc) is 2.48. The molecule has 98 valence electrons. The number of rotatable bonds is 2. The summed E-state index contributed by atoms with van der Waals surface area (Å²) in [5.74, 6) is 1.49. The van der Waals surface area contributed by atoms with Gasteiger partial charge in [0.25, 0.3) is 0 Å². The normalized spacial score (nSPS) is 15.5. The Labute approximate surface area is 116 Å². The highest BCUT2D eigenvalue weighted by Crippen LogP contribution is 2.22. The first-order valence-electron chi connectivity index (χ1n) is 6.23. The van der Waals surface area contributed by atoms with Crippen molar-refractivity contribution in [1.82, 2.24) is 20.3 Å².